The Hall–Kier alpha value is -2.73. The van der Waals surface area contributed by atoms with Gasteiger partial charge in [0.1, 0.15) is 5.75 Å². The number of ketones is 1. The number of likely N-dealkylation sites (tertiary alicyclic amines) is 1. The van der Waals surface area contributed by atoms with E-state index in [1.165, 1.54) is 18.2 Å². The number of phenolic OH excluding ortho intramolecular Hbond substituents is 1. The van der Waals surface area contributed by atoms with Crippen LogP contribution in [0, 0.1) is 16.0 Å². The SMILES string of the molecule is CC(c1cccc([N+](=O)[O-])c1)N1CCC(C(=O)c2ccc(O)cc2)CC1. The number of non-ortho nitro benzene ring substituents is 1. The van der Waals surface area contributed by atoms with Crippen LogP contribution < -0.4 is 0 Å². The fraction of sp³-hybridized carbons (Fsp3) is 0.350. The lowest BCUT2D eigenvalue weighted by Crippen LogP contribution is -2.37. The standard InChI is InChI=1S/C20H22N2O4/c1-14(17-3-2-4-18(13-17)22(25)26)21-11-9-16(10-12-21)20(24)15-5-7-19(23)8-6-15/h2-8,13-14,16,23H,9-12H2,1H3. The number of carbonyl (C=O) groups excluding carboxylic acids is 1. The Morgan fingerprint density at radius 2 is 1.85 bits per heavy atom. The number of benzene rings is 2. The summed E-state index contributed by atoms with van der Waals surface area (Å²) in [6.45, 7) is 3.60. The maximum Gasteiger partial charge on any atom is 0.269 e. The van der Waals surface area contributed by atoms with Crippen molar-refractivity contribution in [3.63, 3.8) is 0 Å². The van der Waals surface area contributed by atoms with Crippen molar-refractivity contribution in [2.24, 2.45) is 5.92 Å². The summed E-state index contributed by atoms with van der Waals surface area (Å²) in [4.78, 5) is 25.5. The maximum absolute atomic E-state index is 12.6. The number of phenols is 1. The first kappa shape index (κ1) is 18.1. The fourth-order valence-electron chi connectivity index (χ4n) is 3.52. The first-order valence-corrected chi connectivity index (χ1v) is 8.77. The van der Waals surface area contributed by atoms with E-state index in [0.29, 0.717) is 5.56 Å². The second kappa shape index (κ2) is 7.66. The molecule has 1 saturated heterocycles. The van der Waals surface area contributed by atoms with Gasteiger partial charge in [-0.15, -0.1) is 0 Å². The summed E-state index contributed by atoms with van der Waals surface area (Å²) in [6.07, 6.45) is 1.53. The molecule has 1 atom stereocenters. The second-order valence-electron chi connectivity index (χ2n) is 6.75. The highest BCUT2D eigenvalue weighted by atomic mass is 16.6. The van der Waals surface area contributed by atoms with Crippen LogP contribution in [0.4, 0.5) is 5.69 Å². The van der Waals surface area contributed by atoms with E-state index >= 15 is 0 Å². The molecule has 1 unspecified atom stereocenters. The number of hydrogen-bond acceptors (Lipinski definition) is 5. The first-order valence-electron chi connectivity index (χ1n) is 8.77. The molecule has 2 aromatic rings. The van der Waals surface area contributed by atoms with Crippen molar-refractivity contribution < 1.29 is 14.8 Å². The minimum Gasteiger partial charge on any atom is -0.508 e. The van der Waals surface area contributed by atoms with Gasteiger partial charge >= 0.3 is 0 Å². The van der Waals surface area contributed by atoms with Gasteiger partial charge in [-0.25, -0.2) is 0 Å². The molecule has 0 aliphatic carbocycles. The van der Waals surface area contributed by atoms with E-state index < -0.39 is 0 Å². The normalized spacial score (nSPS) is 17.0. The smallest absolute Gasteiger partial charge is 0.269 e. The lowest BCUT2D eigenvalue weighted by atomic mass is 9.88. The van der Waals surface area contributed by atoms with Crippen molar-refractivity contribution in [1.82, 2.24) is 4.90 Å². The highest BCUT2D eigenvalue weighted by molar-refractivity contribution is 5.98. The van der Waals surface area contributed by atoms with Crippen molar-refractivity contribution >= 4 is 11.5 Å². The number of rotatable bonds is 5. The number of nitrogens with zero attached hydrogens (tertiary/aromatic N) is 2. The zero-order valence-corrected chi connectivity index (χ0v) is 14.7. The molecule has 1 fully saturated rings. The van der Waals surface area contributed by atoms with E-state index in [9.17, 15) is 20.0 Å². The molecule has 1 aliphatic heterocycles. The van der Waals surface area contributed by atoms with E-state index in [4.69, 9.17) is 0 Å². The minimum atomic E-state index is -0.376. The lowest BCUT2D eigenvalue weighted by molar-refractivity contribution is -0.385. The fourth-order valence-corrected chi connectivity index (χ4v) is 3.52. The van der Waals surface area contributed by atoms with Crippen LogP contribution in [-0.4, -0.2) is 33.8 Å². The predicted octanol–water partition coefficient (Wildman–Crippen LogP) is 3.96. The number of Topliss-reactive ketones (excluding diaryl/α,β-unsaturated/α-hetero) is 1. The van der Waals surface area contributed by atoms with Crippen LogP contribution in [0.5, 0.6) is 5.75 Å². The van der Waals surface area contributed by atoms with Gasteiger partial charge < -0.3 is 5.11 Å². The highest BCUT2D eigenvalue weighted by Crippen LogP contribution is 2.30. The van der Waals surface area contributed by atoms with Crippen LogP contribution in [0.2, 0.25) is 0 Å². The molecule has 1 heterocycles. The van der Waals surface area contributed by atoms with Gasteiger partial charge in [-0.3, -0.25) is 19.8 Å². The van der Waals surface area contributed by atoms with Crippen LogP contribution in [0.3, 0.4) is 0 Å². The van der Waals surface area contributed by atoms with Crippen LogP contribution >= 0.6 is 0 Å². The van der Waals surface area contributed by atoms with Gasteiger partial charge in [0.25, 0.3) is 5.69 Å². The number of aromatic hydroxyl groups is 1. The zero-order valence-electron chi connectivity index (χ0n) is 14.7. The quantitative estimate of drug-likeness (QED) is 0.499. The third kappa shape index (κ3) is 3.91. The molecule has 0 bridgehead atoms. The molecule has 1 aliphatic rings. The Kier molecular flexibility index (Phi) is 5.32. The third-order valence-corrected chi connectivity index (χ3v) is 5.16. The molecule has 0 radical (unpaired) electrons. The number of piperidine rings is 1. The molecule has 0 amide bonds. The van der Waals surface area contributed by atoms with Crippen molar-refractivity contribution in [1.29, 1.82) is 0 Å². The van der Waals surface area contributed by atoms with Crippen molar-refractivity contribution in [2.75, 3.05) is 13.1 Å². The van der Waals surface area contributed by atoms with E-state index in [2.05, 4.69) is 4.90 Å². The van der Waals surface area contributed by atoms with E-state index in [1.807, 2.05) is 13.0 Å². The van der Waals surface area contributed by atoms with Gasteiger partial charge in [0.2, 0.25) is 0 Å². The molecule has 0 aromatic heterocycles. The molecule has 0 spiro atoms. The van der Waals surface area contributed by atoms with Crippen molar-refractivity contribution in [3.05, 3.63) is 69.8 Å². The van der Waals surface area contributed by atoms with Gasteiger partial charge in [-0.05, 0) is 62.7 Å². The number of nitro benzene ring substituents is 1. The van der Waals surface area contributed by atoms with Gasteiger partial charge in [-0.2, -0.15) is 0 Å². The first-order chi connectivity index (χ1) is 12.5. The van der Waals surface area contributed by atoms with Crippen LogP contribution in [0.15, 0.2) is 48.5 Å². The average Bonchev–Trinajstić information content (AvgIpc) is 2.67. The molecular formula is C20H22N2O4. The summed E-state index contributed by atoms with van der Waals surface area (Å²) in [5.74, 6) is 0.253. The predicted molar refractivity (Wildman–Crippen MR) is 98.2 cm³/mol. The van der Waals surface area contributed by atoms with Gasteiger partial charge in [0.05, 0.1) is 4.92 Å². The largest absolute Gasteiger partial charge is 0.508 e. The molecule has 0 saturated carbocycles. The molecular weight excluding hydrogens is 332 g/mol. The summed E-state index contributed by atoms with van der Waals surface area (Å²) in [6, 6.07) is 13.2. The van der Waals surface area contributed by atoms with E-state index in [0.717, 1.165) is 31.5 Å². The topological polar surface area (TPSA) is 83.7 Å². The number of hydrogen-bond donors (Lipinski definition) is 1. The highest BCUT2D eigenvalue weighted by Gasteiger charge is 2.28. The summed E-state index contributed by atoms with van der Waals surface area (Å²) < 4.78 is 0. The average molecular weight is 354 g/mol. The molecule has 6 heteroatoms. The van der Waals surface area contributed by atoms with Crippen molar-refractivity contribution in [2.45, 2.75) is 25.8 Å². The van der Waals surface area contributed by atoms with E-state index in [-0.39, 0.29) is 34.1 Å². The van der Waals surface area contributed by atoms with Crippen LogP contribution in [0.25, 0.3) is 0 Å². The molecule has 1 N–H and O–H groups in total. The molecule has 6 nitrogen and oxygen atoms in total. The Bertz CT molecular complexity index is 796. The number of nitro groups is 1. The molecule has 3 rings (SSSR count). The monoisotopic (exact) mass is 354 g/mol. The minimum absolute atomic E-state index is 0.0203. The van der Waals surface area contributed by atoms with Gasteiger partial charge in [0.15, 0.2) is 5.78 Å². The van der Waals surface area contributed by atoms with Crippen molar-refractivity contribution in [3.8, 4) is 5.75 Å². The molecule has 26 heavy (non-hydrogen) atoms. The van der Waals surface area contributed by atoms with Crippen LogP contribution in [-0.2, 0) is 0 Å². The van der Waals surface area contributed by atoms with Gasteiger partial charge in [0, 0.05) is 29.7 Å². The molecule has 136 valence electrons. The Labute approximate surface area is 152 Å². The Morgan fingerprint density at radius 3 is 2.46 bits per heavy atom. The third-order valence-electron chi connectivity index (χ3n) is 5.16. The maximum atomic E-state index is 12.6. The second-order valence-corrected chi connectivity index (χ2v) is 6.75. The lowest BCUT2D eigenvalue weighted by Gasteiger charge is -2.35. The van der Waals surface area contributed by atoms with Gasteiger partial charge in [-0.1, -0.05) is 12.1 Å². The molecule has 2 aromatic carbocycles. The summed E-state index contributed by atoms with van der Waals surface area (Å²) in [5.41, 5.74) is 1.65. The van der Waals surface area contributed by atoms with E-state index in [1.54, 1.807) is 24.3 Å². The summed E-state index contributed by atoms with van der Waals surface area (Å²) in [7, 11) is 0. The number of carbonyl (C=O) groups is 1. The summed E-state index contributed by atoms with van der Waals surface area (Å²) >= 11 is 0. The Morgan fingerprint density at radius 1 is 1.19 bits per heavy atom. The summed E-state index contributed by atoms with van der Waals surface area (Å²) in [5, 5.41) is 20.3. The Balaban J connectivity index is 1.62. The van der Waals surface area contributed by atoms with Crippen LogP contribution in [0.1, 0.15) is 41.7 Å². The zero-order chi connectivity index (χ0) is 18.7.